The van der Waals surface area contributed by atoms with Crippen molar-refractivity contribution in [2.75, 3.05) is 39.3 Å². The van der Waals surface area contributed by atoms with E-state index in [1.54, 1.807) is 0 Å². The van der Waals surface area contributed by atoms with E-state index in [4.69, 9.17) is 0 Å². The van der Waals surface area contributed by atoms with Gasteiger partial charge in [0, 0.05) is 38.5 Å². The monoisotopic (exact) mass is 454 g/mol. The van der Waals surface area contributed by atoms with Crippen molar-refractivity contribution in [3.05, 3.63) is 35.9 Å². The van der Waals surface area contributed by atoms with Crippen molar-refractivity contribution >= 4 is 17.8 Å². The maximum absolute atomic E-state index is 13.9. The fourth-order valence-electron chi connectivity index (χ4n) is 5.63. The number of hydrogen-bond acceptors (Lipinski definition) is 4. The number of carbonyl (C=O) groups excluding carboxylic acids is 3. The van der Waals surface area contributed by atoms with Crippen LogP contribution in [0.15, 0.2) is 30.3 Å². The summed E-state index contributed by atoms with van der Waals surface area (Å²) in [4.78, 5) is 45.3. The van der Waals surface area contributed by atoms with Gasteiger partial charge >= 0.3 is 6.03 Å². The molecule has 3 saturated heterocycles. The maximum Gasteiger partial charge on any atom is 0.325 e. The van der Waals surface area contributed by atoms with Gasteiger partial charge in [0.1, 0.15) is 5.54 Å². The van der Waals surface area contributed by atoms with Crippen LogP contribution in [-0.2, 0) is 16.0 Å². The van der Waals surface area contributed by atoms with Crippen molar-refractivity contribution in [2.24, 2.45) is 11.8 Å². The minimum atomic E-state index is -0.936. The summed E-state index contributed by atoms with van der Waals surface area (Å²) >= 11 is 0. The minimum Gasteiger partial charge on any atom is -0.342 e. The topological polar surface area (TPSA) is 73.0 Å². The zero-order chi connectivity index (χ0) is 23.4. The number of imide groups is 1. The highest BCUT2D eigenvalue weighted by Gasteiger charge is 2.56. The molecule has 0 radical (unpaired) electrons. The minimum absolute atomic E-state index is 0.00641. The Kier molecular flexibility index (Phi) is 7.37. The molecule has 3 aliphatic rings. The highest BCUT2D eigenvalue weighted by Crippen LogP contribution is 2.37. The number of piperidine rings is 1. The third-order valence-electron chi connectivity index (χ3n) is 7.90. The van der Waals surface area contributed by atoms with E-state index in [-0.39, 0.29) is 29.7 Å². The SMILES string of the molecule is CC[C@@H](C)C(=O)N1CCC([C@]2(Cc3ccccc3)NC(=O)N(CCN3CCCC3)C2=O)CC1. The standard InChI is InChI=1S/C26H38N4O3/c1-3-20(2)23(31)29-15-11-22(12-16-29)26(19-21-9-5-4-6-10-21)24(32)30(25(33)27-26)18-17-28-13-7-8-14-28/h4-6,9-10,20,22H,3,7-8,11-19H2,1-2H3,(H,27,33)/t20-,26+/m1/s1. The Bertz CT molecular complexity index is 846. The molecule has 0 bridgehead atoms. The third-order valence-corrected chi connectivity index (χ3v) is 7.90. The molecule has 4 amide bonds. The smallest absolute Gasteiger partial charge is 0.325 e. The molecule has 3 heterocycles. The third kappa shape index (κ3) is 4.93. The molecule has 3 fully saturated rings. The van der Waals surface area contributed by atoms with E-state index in [0.717, 1.165) is 44.5 Å². The number of hydrogen-bond donors (Lipinski definition) is 1. The highest BCUT2D eigenvalue weighted by molar-refractivity contribution is 6.07. The largest absolute Gasteiger partial charge is 0.342 e. The van der Waals surface area contributed by atoms with Crippen LogP contribution in [0.25, 0.3) is 0 Å². The number of benzene rings is 1. The van der Waals surface area contributed by atoms with Gasteiger partial charge in [-0.2, -0.15) is 0 Å². The van der Waals surface area contributed by atoms with Gasteiger partial charge in [0.25, 0.3) is 5.91 Å². The van der Waals surface area contributed by atoms with Crippen molar-refractivity contribution in [3.8, 4) is 0 Å². The van der Waals surface area contributed by atoms with Gasteiger partial charge in [0.2, 0.25) is 5.91 Å². The first-order valence-electron chi connectivity index (χ1n) is 12.6. The molecule has 1 aromatic carbocycles. The molecule has 0 aromatic heterocycles. The molecule has 4 rings (SSSR count). The Hall–Kier alpha value is -2.41. The molecule has 2 atom stereocenters. The lowest BCUT2D eigenvalue weighted by molar-refractivity contribution is -0.138. The van der Waals surface area contributed by atoms with Crippen LogP contribution in [0.1, 0.15) is 51.5 Å². The number of nitrogens with one attached hydrogen (secondary N) is 1. The zero-order valence-corrected chi connectivity index (χ0v) is 20.1. The summed E-state index contributed by atoms with van der Waals surface area (Å²) < 4.78 is 0. The molecular formula is C26H38N4O3. The Labute approximate surface area is 197 Å². The summed E-state index contributed by atoms with van der Waals surface area (Å²) in [5.74, 6) is 0.130. The lowest BCUT2D eigenvalue weighted by Gasteiger charge is -2.41. The van der Waals surface area contributed by atoms with Crippen LogP contribution >= 0.6 is 0 Å². The second kappa shape index (κ2) is 10.2. The molecule has 0 saturated carbocycles. The molecule has 7 nitrogen and oxygen atoms in total. The first-order valence-corrected chi connectivity index (χ1v) is 12.6. The Morgan fingerprint density at radius 2 is 1.73 bits per heavy atom. The molecule has 7 heteroatoms. The van der Waals surface area contributed by atoms with Crippen molar-refractivity contribution < 1.29 is 14.4 Å². The summed E-state index contributed by atoms with van der Waals surface area (Å²) in [6.07, 6.45) is 5.14. The summed E-state index contributed by atoms with van der Waals surface area (Å²) in [7, 11) is 0. The van der Waals surface area contributed by atoms with Gasteiger partial charge in [-0.05, 0) is 56.7 Å². The molecule has 0 spiro atoms. The van der Waals surface area contributed by atoms with Crippen molar-refractivity contribution in [1.29, 1.82) is 0 Å². The number of amides is 4. The first kappa shape index (κ1) is 23.7. The second-order valence-electron chi connectivity index (χ2n) is 9.98. The molecular weight excluding hydrogens is 416 g/mol. The van der Waals surface area contributed by atoms with Crippen LogP contribution in [0.3, 0.4) is 0 Å². The van der Waals surface area contributed by atoms with Gasteiger partial charge in [0.05, 0.1) is 0 Å². The average molecular weight is 455 g/mol. The van der Waals surface area contributed by atoms with Gasteiger partial charge < -0.3 is 15.1 Å². The van der Waals surface area contributed by atoms with E-state index in [1.807, 2.05) is 49.1 Å². The lowest BCUT2D eigenvalue weighted by Crippen LogP contribution is -2.58. The Morgan fingerprint density at radius 1 is 1.06 bits per heavy atom. The predicted octanol–water partition coefficient (Wildman–Crippen LogP) is 2.90. The first-order chi connectivity index (χ1) is 15.9. The summed E-state index contributed by atoms with van der Waals surface area (Å²) in [5.41, 5.74) is 0.111. The predicted molar refractivity (Wildman–Crippen MR) is 128 cm³/mol. The van der Waals surface area contributed by atoms with Crippen molar-refractivity contribution in [3.63, 3.8) is 0 Å². The molecule has 180 valence electrons. The normalized spacial score (nSPS) is 25.5. The fraction of sp³-hybridized carbons (Fsp3) is 0.654. The van der Waals surface area contributed by atoms with E-state index < -0.39 is 5.54 Å². The Balaban J connectivity index is 1.52. The number of urea groups is 1. The number of likely N-dealkylation sites (tertiary alicyclic amines) is 2. The number of rotatable bonds is 8. The van der Waals surface area contributed by atoms with Crippen LogP contribution in [0, 0.1) is 11.8 Å². The van der Waals surface area contributed by atoms with Gasteiger partial charge in [-0.25, -0.2) is 4.79 Å². The zero-order valence-electron chi connectivity index (χ0n) is 20.1. The summed E-state index contributed by atoms with van der Waals surface area (Å²) in [6.45, 7) is 8.55. The lowest BCUT2D eigenvalue weighted by atomic mass is 9.73. The maximum atomic E-state index is 13.9. The van der Waals surface area contributed by atoms with E-state index in [9.17, 15) is 14.4 Å². The van der Waals surface area contributed by atoms with Crippen LogP contribution < -0.4 is 5.32 Å². The quantitative estimate of drug-likeness (QED) is 0.613. The van der Waals surface area contributed by atoms with Crippen LogP contribution in [0.5, 0.6) is 0 Å². The van der Waals surface area contributed by atoms with Gasteiger partial charge in [-0.3, -0.25) is 14.5 Å². The summed E-state index contributed by atoms with van der Waals surface area (Å²) in [6, 6.07) is 9.69. The van der Waals surface area contributed by atoms with Gasteiger partial charge in [0.15, 0.2) is 0 Å². The summed E-state index contributed by atoms with van der Waals surface area (Å²) in [5, 5.41) is 3.15. The van der Waals surface area contributed by atoms with Crippen LogP contribution in [0.4, 0.5) is 4.79 Å². The van der Waals surface area contributed by atoms with Crippen LogP contribution in [0.2, 0.25) is 0 Å². The fourth-order valence-corrected chi connectivity index (χ4v) is 5.63. The van der Waals surface area contributed by atoms with Crippen molar-refractivity contribution in [2.45, 2.75) is 57.9 Å². The van der Waals surface area contributed by atoms with Gasteiger partial charge in [-0.15, -0.1) is 0 Å². The molecule has 33 heavy (non-hydrogen) atoms. The number of carbonyl (C=O) groups is 3. The molecule has 0 unspecified atom stereocenters. The van der Waals surface area contributed by atoms with E-state index in [1.165, 1.54) is 17.7 Å². The molecule has 0 aliphatic carbocycles. The average Bonchev–Trinajstić information content (AvgIpc) is 3.44. The Morgan fingerprint density at radius 3 is 2.36 bits per heavy atom. The molecule has 1 N–H and O–H groups in total. The second-order valence-corrected chi connectivity index (χ2v) is 9.98. The molecule has 3 aliphatic heterocycles. The van der Waals surface area contributed by atoms with E-state index >= 15 is 0 Å². The highest BCUT2D eigenvalue weighted by atomic mass is 16.2. The van der Waals surface area contributed by atoms with Crippen molar-refractivity contribution in [1.82, 2.24) is 20.0 Å². The molecule has 1 aromatic rings. The van der Waals surface area contributed by atoms with Gasteiger partial charge in [-0.1, -0.05) is 44.2 Å². The van der Waals surface area contributed by atoms with E-state index in [0.29, 0.717) is 26.1 Å². The number of nitrogens with zero attached hydrogens (tertiary/aromatic N) is 3. The van der Waals surface area contributed by atoms with E-state index in [2.05, 4.69) is 10.2 Å². The van der Waals surface area contributed by atoms with Crippen LogP contribution in [-0.4, -0.2) is 77.4 Å².